The van der Waals surface area contributed by atoms with E-state index in [2.05, 4.69) is 20.0 Å². The second kappa shape index (κ2) is 7.55. The first-order chi connectivity index (χ1) is 13.5. The molecule has 28 heavy (non-hydrogen) atoms. The molecule has 1 fully saturated rings. The van der Waals surface area contributed by atoms with E-state index in [1.54, 1.807) is 17.9 Å². The van der Waals surface area contributed by atoms with E-state index in [1.165, 1.54) is 0 Å². The first kappa shape index (κ1) is 18.4. The summed E-state index contributed by atoms with van der Waals surface area (Å²) in [7, 11) is 1.78. The van der Waals surface area contributed by atoms with Crippen LogP contribution in [0, 0.1) is 13.8 Å². The molecule has 0 bridgehead atoms. The van der Waals surface area contributed by atoms with E-state index in [9.17, 15) is 0 Å². The fraction of sp³-hybridized carbons (Fsp3) is 0.400. The molecule has 4 rings (SSSR count). The minimum absolute atomic E-state index is 0.337. The number of ether oxygens (including phenoxy) is 1. The first-order valence-electron chi connectivity index (χ1n) is 9.47. The van der Waals surface area contributed by atoms with Gasteiger partial charge in [-0.15, -0.1) is 0 Å². The van der Waals surface area contributed by atoms with Crippen molar-refractivity contribution in [1.82, 2.24) is 24.7 Å². The summed E-state index contributed by atoms with van der Waals surface area (Å²) >= 11 is 0. The summed E-state index contributed by atoms with van der Waals surface area (Å²) in [4.78, 5) is 16.1. The third-order valence-electron chi connectivity index (χ3n) is 5.03. The second-order valence-corrected chi connectivity index (χ2v) is 7.12. The molecule has 1 aliphatic rings. The van der Waals surface area contributed by atoms with E-state index in [4.69, 9.17) is 15.5 Å². The third kappa shape index (κ3) is 3.68. The Labute approximate surface area is 164 Å². The van der Waals surface area contributed by atoms with Gasteiger partial charge in [-0.1, -0.05) is 6.07 Å². The van der Waals surface area contributed by atoms with Gasteiger partial charge < -0.3 is 15.4 Å². The van der Waals surface area contributed by atoms with E-state index >= 15 is 0 Å². The van der Waals surface area contributed by atoms with E-state index in [0.717, 1.165) is 48.8 Å². The van der Waals surface area contributed by atoms with Gasteiger partial charge in [0, 0.05) is 32.0 Å². The molecule has 0 unspecified atom stereocenters. The fourth-order valence-corrected chi connectivity index (χ4v) is 3.57. The van der Waals surface area contributed by atoms with E-state index < -0.39 is 0 Å². The number of piperidine rings is 1. The SMILES string of the molecule is COC1CCN(c2cccc(-c3cc(N)nc(-n4nc(C)cc4C)n3)n2)CC1. The molecule has 1 saturated heterocycles. The van der Waals surface area contributed by atoms with Gasteiger partial charge in [0.2, 0.25) is 0 Å². The number of nitrogens with zero attached hydrogens (tertiary/aromatic N) is 6. The molecule has 0 amide bonds. The summed E-state index contributed by atoms with van der Waals surface area (Å²) in [5.74, 6) is 1.78. The van der Waals surface area contributed by atoms with Crippen LogP contribution in [-0.2, 0) is 4.74 Å². The average Bonchev–Trinajstić information content (AvgIpc) is 3.06. The van der Waals surface area contributed by atoms with Gasteiger partial charge in [0.15, 0.2) is 0 Å². The second-order valence-electron chi connectivity index (χ2n) is 7.12. The Morgan fingerprint density at radius 2 is 1.82 bits per heavy atom. The van der Waals surface area contributed by atoms with Crippen molar-refractivity contribution in [3.05, 3.63) is 41.7 Å². The lowest BCUT2D eigenvalue weighted by Gasteiger charge is -2.32. The Morgan fingerprint density at radius 3 is 2.50 bits per heavy atom. The number of methoxy groups -OCH3 is 1. The fourth-order valence-electron chi connectivity index (χ4n) is 3.57. The number of nitrogen functional groups attached to an aromatic ring is 1. The quantitative estimate of drug-likeness (QED) is 0.744. The molecule has 8 heteroatoms. The lowest BCUT2D eigenvalue weighted by molar-refractivity contribution is 0.0818. The summed E-state index contributed by atoms with van der Waals surface area (Å²) in [5.41, 5.74) is 9.37. The molecule has 146 valence electrons. The van der Waals surface area contributed by atoms with E-state index in [0.29, 0.717) is 23.6 Å². The molecule has 4 heterocycles. The van der Waals surface area contributed by atoms with Crippen molar-refractivity contribution in [1.29, 1.82) is 0 Å². The molecular formula is C20H25N7O. The van der Waals surface area contributed by atoms with Crippen molar-refractivity contribution in [2.45, 2.75) is 32.8 Å². The monoisotopic (exact) mass is 379 g/mol. The highest BCUT2D eigenvalue weighted by molar-refractivity contribution is 5.61. The Bertz CT molecular complexity index is 976. The number of aromatic nitrogens is 5. The van der Waals surface area contributed by atoms with Crippen LogP contribution in [-0.4, -0.2) is 51.0 Å². The maximum atomic E-state index is 6.06. The van der Waals surface area contributed by atoms with Crippen LogP contribution in [0.15, 0.2) is 30.3 Å². The number of pyridine rings is 1. The molecule has 1 aliphatic heterocycles. The maximum Gasteiger partial charge on any atom is 0.253 e. The zero-order valence-corrected chi connectivity index (χ0v) is 16.5. The van der Waals surface area contributed by atoms with Crippen molar-refractivity contribution in [2.24, 2.45) is 0 Å². The average molecular weight is 379 g/mol. The van der Waals surface area contributed by atoms with Crippen LogP contribution in [0.25, 0.3) is 17.3 Å². The number of anilines is 2. The summed E-state index contributed by atoms with van der Waals surface area (Å²) in [5, 5.41) is 4.46. The Kier molecular flexibility index (Phi) is 4.95. The molecule has 0 saturated carbocycles. The largest absolute Gasteiger partial charge is 0.384 e. The van der Waals surface area contributed by atoms with Gasteiger partial charge in [0.1, 0.15) is 11.6 Å². The number of aryl methyl sites for hydroxylation is 2. The molecule has 0 atom stereocenters. The van der Waals surface area contributed by atoms with Crippen molar-refractivity contribution >= 4 is 11.6 Å². The molecule has 0 radical (unpaired) electrons. The molecule has 0 aromatic carbocycles. The molecule has 0 spiro atoms. The van der Waals surface area contributed by atoms with Crippen molar-refractivity contribution < 1.29 is 4.74 Å². The molecule has 3 aromatic rings. The predicted molar refractivity (Wildman–Crippen MR) is 109 cm³/mol. The van der Waals surface area contributed by atoms with Gasteiger partial charge in [-0.2, -0.15) is 10.1 Å². The Balaban J connectivity index is 1.65. The van der Waals surface area contributed by atoms with Gasteiger partial charge in [0.05, 0.1) is 23.2 Å². The van der Waals surface area contributed by atoms with Gasteiger partial charge in [-0.05, 0) is 44.9 Å². The van der Waals surface area contributed by atoms with Gasteiger partial charge in [0.25, 0.3) is 5.95 Å². The van der Waals surface area contributed by atoms with Gasteiger partial charge >= 0.3 is 0 Å². The standard InChI is InChI=1S/C20H25N7O/c1-13-11-14(2)27(25-13)20-23-17(12-18(21)24-20)16-5-4-6-19(22-16)26-9-7-15(28-3)8-10-26/h4-6,11-12,15H,7-10H2,1-3H3,(H2,21,23,24). The molecule has 8 nitrogen and oxygen atoms in total. The zero-order valence-electron chi connectivity index (χ0n) is 16.5. The topological polar surface area (TPSA) is 95.0 Å². The maximum absolute atomic E-state index is 6.06. The minimum Gasteiger partial charge on any atom is -0.384 e. The van der Waals surface area contributed by atoms with Crippen molar-refractivity contribution in [3.63, 3.8) is 0 Å². The Hall–Kier alpha value is -3.00. The highest BCUT2D eigenvalue weighted by atomic mass is 16.5. The van der Waals surface area contributed by atoms with Crippen LogP contribution in [0.5, 0.6) is 0 Å². The number of hydrogen-bond donors (Lipinski definition) is 1. The highest BCUT2D eigenvalue weighted by Crippen LogP contribution is 2.24. The summed E-state index contributed by atoms with van der Waals surface area (Å²) < 4.78 is 7.16. The summed E-state index contributed by atoms with van der Waals surface area (Å²) in [6, 6.07) is 9.70. The molecule has 3 aromatic heterocycles. The lowest BCUT2D eigenvalue weighted by Crippen LogP contribution is -2.37. The van der Waals surface area contributed by atoms with Crippen molar-refractivity contribution in [3.8, 4) is 17.3 Å². The summed E-state index contributed by atoms with van der Waals surface area (Å²) in [6.45, 7) is 5.76. The van der Waals surface area contributed by atoms with Crippen LogP contribution >= 0.6 is 0 Å². The summed E-state index contributed by atoms with van der Waals surface area (Å²) in [6.07, 6.45) is 2.35. The van der Waals surface area contributed by atoms with Crippen molar-refractivity contribution in [2.75, 3.05) is 30.8 Å². The number of nitrogens with two attached hydrogens (primary N) is 1. The van der Waals surface area contributed by atoms with Crippen LogP contribution in [0.4, 0.5) is 11.6 Å². The zero-order chi connectivity index (χ0) is 19.7. The highest BCUT2D eigenvalue weighted by Gasteiger charge is 2.20. The smallest absolute Gasteiger partial charge is 0.253 e. The minimum atomic E-state index is 0.337. The van der Waals surface area contributed by atoms with Crippen LogP contribution in [0.2, 0.25) is 0 Å². The molecular weight excluding hydrogens is 354 g/mol. The first-order valence-corrected chi connectivity index (χ1v) is 9.47. The Morgan fingerprint density at radius 1 is 1.04 bits per heavy atom. The van der Waals surface area contributed by atoms with E-state index in [-0.39, 0.29) is 0 Å². The molecule has 0 aliphatic carbocycles. The predicted octanol–water partition coefficient (Wildman–Crippen LogP) is 2.54. The third-order valence-corrected chi connectivity index (χ3v) is 5.03. The van der Waals surface area contributed by atoms with Crippen LogP contribution in [0.1, 0.15) is 24.2 Å². The van der Waals surface area contributed by atoms with Gasteiger partial charge in [-0.3, -0.25) is 0 Å². The molecule has 2 N–H and O–H groups in total. The normalized spacial score (nSPS) is 15.2. The van der Waals surface area contributed by atoms with Crippen LogP contribution < -0.4 is 10.6 Å². The number of rotatable bonds is 4. The number of hydrogen-bond acceptors (Lipinski definition) is 7. The lowest BCUT2D eigenvalue weighted by atomic mass is 10.1. The van der Waals surface area contributed by atoms with E-state index in [1.807, 2.05) is 38.1 Å². The van der Waals surface area contributed by atoms with Crippen LogP contribution in [0.3, 0.4) is 0 Å². The van der Waals surface area contributed by atoms with Gasteiger partial charge in [-0.25, -0.2) is 14.6 Å².